The standard InChI is InChI=1S/C50H72FNO7/c1-10-11-12-15-36-18-20-38(21-19-36)39-22-23-43(44(51)28-39)42-26-40(16-13-24-55-46(53)34(2)3)45(41(27-42)17-14-25-56-47(54)35(4)5)57-29-37-30-58-50(59-31-37)32-48(6,7)52-49(8,9)33-50/h22-23,26-28,36-38,52H,2,4,10-21,24-25,29-33H2,1,3,5-9H3. The van der Waals surface area contributed by atoms with E-state index in [2.05, 4.69) is 59.2 Å². The number of piperidine rings is 1. The van der Waals surface area contributed by atoms with E-state index in [9.17, 15) is 9.59 Å². The molecule has 0 unspecified atom stereocenters. The van der Waals surface area contributed by atoms with E-state index in [0.29, 0.717) is 73.9 Å². The molecule has 2 heterocycles. The Morgan fingerprint density at radius 2 is 1.36 bits per heavy atom. The highest BCUT2D eigenvalue weighted by Crippen LogP contribution is 2.43. The molecule has 0 atom stereocenters. The predicted octanol–water partition coefficient (Wildman–Crippen LogP) is 11.1. The first kappa shape index (κ1) is 46.5. The number of esters is 2. The van der Waals surface area contributed by atoms with E-state index in [0.717, 1.165) is 53.9 Å². The van der Waals surface area contributed by atoms with Crippen LogP contribution in [0.25, 0.3) is 11.1 Å². The molecule has 1 N–H and O–H groups in total. The van der Waals surface area contributed by atoms with Gasteiger partial charge >= 0.3 is 11.9 Å². The van der Waals surface area contributed by atoms with Gasteiger partial charge < -0.3 is 29.0 Å². The molecule has 1 saturated carbocycles. The summed E-state index contributed by atoms with van der Waals surface area (Å²) in [7, 11) is 0. The molecule has 3 aliphatic rings. The summed E-state index contributed by atoms with van der Waals surface area (Å²) in [5.74, 6) is 0.126. The Hall–Kier alpha value is -3.53. The van der Waals surface area contributed by atoms with Crippen molar-refractivity contribution in [1.82, 2.24) is 5.32 Å². The van der Waals surface area contributed by atoms with Crippen molar-refractivity contribution in [2.45, 2.75) is 161 Å². The summed E-state index contributed by atoms with van der Waals surface area (Å²) in [6.07, 6.45) is 13.4. The molecule has 59 heavy (non-hydrogen) atoms. The van der Waals surface area contributed by atoms with Crippen molar-refractivity contribution in [3.05, 3.63) is 77.1 Å². The van der Waals surface area contributed by atoms with Gasteiger partial charge in [-0.25, -0.2) is 14.0 Å². The molecule has 2 aliphatic heterocycles. The number of rotatable bonds is 19. The second-order valence-corrected chi connectivity index (χ2v) is 19.1. The number of ether oxygens (including phenoxy) is 5. The molecule has 3 fully saturated rings. The molecule has 2 aromatic rings. The summed E-state index contributed by atoms with van der Waals surface area (Å²) in [6.45, 7) is 23.4. The minimum absolute atomic E-state index is 0.00782. The van der Waals surface area contributed by atoms with Crippen LogP contribution in [0.15, 0.2) is 54.6 Å². The summed E-state index contributed by atoms with van der Waals surface area (Å²) in [6, 6.07) is 9.82. The maximum atomic E-state index is 16.3. The zero-order chi connectivity index (χ0) is 42.8. The van der Waals surface area contributed by atoms with Crippen LogP contribution in [0, 0.1) is 17.7 Å². The van der Waals surface area contributed by atoms with Crippen molar-refractivity contribution in [1.29, 1.82) is 0 Å². The zero-order valence-electron chi connectivity index (χ0n) is 37.2. The Morgan fingerprint density at radius 3 is 1.86 bits per heavy atom. The van der Waals surface area contributed by atoms with Gasteiger partial charge in [0.1, 0.15) is 11.6 Å². The molecule has 326 valence electrons. The number of benzene rings is 2. The van der Waals surface area contributed by atoms with Gasteiger partial charge in [0, 0.05) is 46.5 Å². The van der Waals surface area contributed by atoms with Crippen LogP contribution in [0.3, 0.4) is 0 Å². The fourth-order valence-electron chi connectivity index (χ4n) is 9.60. The average Bonchev–Trinajstić information content (AvgIpc) is 3.17. The van der Waals surface area contributed by atoms with Gasteiger partial charge in [0.25, 0.3) is 0 Å². The summed E-state index contributed by atoms with van der Waals surface area (Å²) in [5, 5.41) is 3.71. The molecular weight excluding hydrogens is 746 g/mol. The van der Waals surface area contributed by atoms with Crippen molar-refractivity contribution in [2.75, 3.05) is 33.0 Å². The summed E-state index contributed by atoms with van der Waals surface area (Å²) in [5.41, 5.74) is 4.57. The number of carbonyl (C=O) groups excluding carboxylic acids is 2. The number of nitrogens with one attached hydrogen (secondary N) is 1. The highest BCUT2D eigenvalue weighted by Gasteiger charge is 2.51. The van der Waals surface area contributed by atoms with Crippen molar-refractivity contribution < 1.29 is 37.7 Å². The second-order valence-electron chi connectivity index (χ2n) is 19.1. The monoisotopic (exact) mass is 818 g/mol. The molecular formula is C50H72FNO7. The van der Waals surface area contributed by atoms with Crippen LogP contribution >= 0.6 is 0 Å². The van der Waals surface area contributed by atoms with E-state index in [1.165, 1.54) is 38.5 Å². The molecule has 5 rings (SSSR count). The maximum absolute atomic E-state index is 16.3. The lowest BCUT2D eigenvalue weighted by atomic mass is 9.77. The minimum atomic E-state index is -0.650. The molecule has 2 aromatic carbocycles. The van der Waals surface area contributed by atoms with Gasteiger partial charge in [0.15, 0.2) is 5.79 Å². The number of halogens is 1. The third-order valence-electron chi connectivity index (χ3n) is 12.2. The van der Waals surface area contributed by atoms with Crippen molar-refractivity contribution in [2.24, 2.45) is 11.8 Å². The van der Waals surface area contributed by atoms with Gasteiger partial charge in [-0.2, -0.15) is 0 Å². The Bertz CT molecular complexity index is 1690. The van der Waals surface area contributed by atoms with Gasteiger partial charge in [0.05, 0.1) is 33.0 Å². The fourth-order valence-corrected chi connectivity index (χ4v) is 9.60. The van der Waals surface area contributed by atoms with E-state index >= 15 is 4.39 Å². The summed E-state index contributed by atoms with van der Waals surface area (Å²) >= 11 is 0. The van der Waals surface area contributed by atoms with Crippen molar-refractivity contribution in [3.8, 4) is 16.9 Å². The third kappa shape index (κ3) is 13.5. The summed E-state index contributed by atoms with van der Waals surface area (Å²) in [4.78, 5) is 24.4. The number of carbonyl (C=O) groups is 2. The molecule has 0 aromatic heterocycles. The van der Waals surface area contributed by atoms with Gasteiger partial charge in [-0.15, -0.1) is 0 Å². The Labute approximate surface area is 354 Å². The zero-order valence-corrected chi connectivity index (χ0v) is 37.2. The Kier molecular flexibility index (Phi) is 16.4. The van der Waals surface area contributed by atoms with Crippen LogP contribution in [0.4, 0.5) is 4.39 Å². The van der Waals surface area contributed by atoms with E-state index < -0.39 is 17.7 Å². The van der Waals surface area contributed by atoms with Gasteiger partial charge in [-0.1, -0.05) is 57.9 Å². The smallest absolute Gasteiger partial charge is 0.333 e. The van der Waals surface area contributed by atoms with E-state index in [-0.39, 0.29) is 36.0 Å². The third-order valence-corrected chi connectivity index (χ3v) is 12.2. The van der Waals surface area contributed by atoms with Gasteiger partial charge in [0.2, 0.25) is 0 Å². The molecule has 8 nitrogen and oxygen atoms in total. The van der Waals surface area contributed by atoms with Crippen LogP contribution in [-0.4, -0.2) is 61.8 Å². The Balaban J connectivity index is 1.38. The molecule has 9 heteroatoms. The van der Waals surface area contributed by atoms with E-state index in [1.807, 2.05) is 18.2 Å². The quantitative estimate of drug-likeness (QED) is 0.0851. The van der Waals surface area contributed by atoms with E-state index in [4.69, 9.17) is 23.7 Å². The van der Waals surface area contributed by atoms with Crippen LogP contribution in [0.5, 0.6) is 5.75 Å². The maximum Gasteiger partial charge on any atom is 0.333 e. The topological polar surface area (TPSA) is 92.3 Å². The van der Waals surface area contributed by atoms with Crippen LogP contribution in [0.1, 0.15) is 148 Å². The van der Waals surface area contributed by atoms with Crippen molar-refractivity contribution >= 4 is 11.9 Å². The summed E-state index contributed by atoms with van der Waals surface area (Å²) < 4.78 is 47.1. The Morgan fingerprint density at radius 1 is 0.797 bits per heavy atom. The van der Waals surface area contributed by atoms with Crippen molar-refractivity contribution in [3.63, 3.8) is 0 Å². The highest BCUT2D eigenvalue weighted by atomic mass is 19.1. The number of hydrogen-bond donors (Lipinski definition) is 1. The second kappa shape index (κ2) is 20.8. The van der Waals surface area contributed by atoms with Gasteiger partial charge in [-0.3, -0.25) is 0 Å². The fraction of sp³-hybridized carbons (Fsp3) is 0.640. The number of aryl methyl sites for hydroxylation is 2. The van der Waals surface area contributed by atoms with E-state index in [1.54, 1.807) is 19.9 Å². The molecule has 0 bridgehead atoms. The first-order valence-corrected chi connectivity index (χ1v) is 22.3. The number of unbranched alkanes of at least 4 members (excludes halogenated alkanes) is 2. The molecule has 0 radical (unpaired) electrons. The van der Waals surface area contributed by atoms with Gasteiger partial charge in [-0.05, 0) is 145 Å². The highest BCUT2D eigenvalue weighted by molar-refractivity contribution is 5.87. The minimum Gasteiger partial charge on any atom is -0.493 e. The van der Waals surface area contributed by atoms with Crippen LogP contribution in [0.2, 0.25) is 0 Å². The van der Waals surface area contributed by atoms with Crippen LogP contribution < -0.4 is 10.1 Å². The normalized spacial score (nSPS) is 21.2. The molecule has 2 saturated heterocycles. The first-order chi connectivity index (χ1) is 28.0. The van der Waals surface area contributed by atoms with Crippen LogP contribution in [-0.2, 0) is 41.4 Å². The lowest BCUT2D eigenvalue weighted by Crippen LogP contribution is -2.66. The molecule has 0 amide bonds. The lowest BCUT2D eigenvalue weighted by Gasteiger charge is -2.54. The largest absolute Gasteiger partial charge is 0.493 e. The lowest BCUT2D eigenvalue weighted by molar-refractivity contribution is -0.312. The molecule has 1 spiro atoms. The molecule has 1 aliphatic carbocycles. The number of hydrogen-bond acceptors (Lipinski definition) is 8. The SMILES string of the molecule is C=C(C)C(=O)OCCCc1cc(-c2ccc(C3CCC(CCCCC)CC3)cc2F)cc(CCCOC(=O)C(=C)C)c1OCC1COC2(CC(C)(C)NC(C)(C)C2)OC1. The average molecular weight is 818 g/mol. The first-order valence-electron chi connectivity index (χ1n) is 22.3. The predicted molar refractivity (Wildman–Crippen MR) is 233 cm³/mol.